The van der Waals surface area contributed by atoms with E-state index in [1.807, 2.05) is 19.6 Å². The van der Waals surface area contributed by atoms with Crippen molar-refractivity contribution >= 4 is 8.07 Å². The van der Waals surface area contributed by atoms with Gasteiger partial charge < -0.3 is 0 Å². The SMILES string of the molecule is C[Si](C)(C)C=CC(F)(F)F. The molecule has 0 saturated heterocycles. The molecule has 0 fully saturated rings. The molecule has 0 unspecified atom stereocenters. The molecular formula is C6H11F3Si. The lowest BCUT2D eigenvalue weighted by Crippen LogP contribution is -2.17. The van der Waals surface area contributed by atoms with E-state index in [4.69, 9.17) is 0 Å². The molecule has 0 N–H and O–H groups in total. The minimum atomic E-state index is -4.14. The first-order chi connectivity index (χ1) is 4.21. The molecule has 0 spiro atoms. The van der Waals surface area contributed by atoms with Gasteiger partial charge in [0.25, 0.3) is 0 Å². The predicted molar refractivity (Wildman–Crippen MR) is 38.5 cm³/mol. The monoisotopic (exact) mass is 168 g/mol. The van der Waals surface area contributed by atoms with Crippen molar-refractivity contribution in [3.8, 4) is 0 Å². The summed E-state index contributed by atoms with van der Waals surface area (Å²) in [5.74, 6) is 0. The largest absolute Gasteiger partial charge is 0.409 e. The third kappa shape index (κ3) is 7.75. The van der Waals surface area contributed by atoms with Crippen molar-refractivity contribution in [1.29, 1.82) is 0 Å². The molecule has 0 aromatic heterocycles. The zero-order valence-electron chi connectivity index (χ0n) is 6.29. The van der Waals surface area contributed by atoms with Gasteiger partial charge in [0.2, 0.25) is 0 Å². The summed E-state index contributed by atoms with van der Waals surface area (Å²) in [4.78, 5) is 0. The van der Waals surface area contributed by atoms with Crippen LogP contribution < -0.4 is 0 Å². The van der Waals surface area contributed by atoms with Gasteiger partial charge in [0, 0.05) is 6.08 Å². The van der Waals surface area contributed by atoms with E-state index in [2.05, 4.69) is 0 Å². The lowest BCUT2D eigenvalue weighted by molar-refractivity contribution is -0.0797. The third-order valence-electron chi connectivity index (χ3n) is 0.772. The van der Waals surface area contributed by atoms with Gasteiger partial charge in [-0.05, 0) is 0 Å². The van der Waals surface area contributed by atoms with Crippen molar-refractivity contribution in [3.05, 3.63) is 11.8 Å². The van der Waals surface area contributed by atoms with Gasteiger partial charge in [-0.25, -0.2) is 0 Å². The van der Waals surface area contributed by atoms with E-state index in [1.54, 1.807) is 0 Å². The van der Waals surface area contributed by atoms with E-state index < -0.39 is 14.3 Å². The van der Waals surface area contributed by atoms with Crippen LogP contribution in [0.15, 0.2) is 11.8 Å². The molecule has 0 radical (unpaired) electrons. The summed E-state index contributed by atoms with van der Waals surface area (Å²) in [6, 6.07) is 0. The maximum absolute atomic E-state index is 11.5. The fourth-order valence-electron chi connectivity index (χ4n) is 0.344. The lowest BCUT2D eigenvalue weighted by atomic mass is 10.6. The highest BCUT2D eigenvalue weighted by Gasteiger charge is 2.23. The van der Waals surface area contributed by atoms with Gasteiger partial charge in [0.1, 0.15) is 0 Å². The van der Waals surface area contributed by atoms with Gasteiger partial charge in [-0.15, -0.1) is 0 Å². The van der Waals surface area contributed by atoms with E-state index in [0.717, 1.165) is 0 Å². The summed E-state index contributed by atoms with van der Waals surface area (Å²) in [7, 11) is -1.67. The van der Waals surface area contributed by atoms with Gasteiger partial charge in [-0.1, -0.05) is 25.3 Å². The quantitative estimate of drug-likeness (QED) is 0.528. The van der Waals surface area contributed by atoms with Gasteiger partial charge in [-0.3, -0.25) is 0 Å². The Kier molecular flexibility index (Phi) is 2.71. The Morgan fingerprint density at radius 2 is 1.50 bits per heavy atom. The molecule has 0 atom stereocenters. The minimum Gasteiger partial charge on any atom is -0.167 e. The minimum absolute atomic E-state index is 0.333. The van der Waals surface area contributed by atoms with Crippen molar-refractivity contribution in [1.82, 2.24) is 0 Å². The first kappa shape index (κ1) is 9.75. The Balaban J connectivity index is 4.01. The van der Waals surface area contributed by atoms with Crippen molar-refractivity contribution in [2.24, 2.45) is 0 Å². The molecule has 0 aromatic carbocycles. The van der Waals surface area contributed by atoms with E-state index in [0.29, 0.717) is 6.08 Å². The molecule has 4 heteroatoms. The first-order valence-corrected chi connectivity index (χ1v) is 6.55. The summed E-state index contributed by atoms with van der Waals surface area (Å²) in [6.07, 6.45) is -3.81. The Labute approximate surface area is 59.8 Å². The van der Waals surface area contributed by atoms with E-state index >= 15 is 0 Å². The number of rotatable bonds is 1. The van der Waals surface area contributed by atoms with Gasteiger partial charge in [0.05, 0.1) is 8.07 Å². The Morgan fingerprint density at radius 3 is 1.60 bits per heavy atom. The van der Waals surface area contributed by atoms with Crippen LogP contribution >= 0.6 is 0 Å². The Hall–Kier alpha value is -0.253. The fourth-order valence-corrected chi connectivity index (χ4v) is 1.03. The maximum atomic E-state index is 11.5. The van der Waals surface area contributed by atoms with Crippen LogP contribution in [0.4, 0.5) is 13.2 Å². The van der Waals surface area contributed by atoms with Crippen molar-refractivity contribution < 1.29 is 13.2 Å². The molecule has 0 aliphatic rings. The van der Waals surface area contributed by atoms with Gasteiger partial charge in [0.15, 0.2) is 0 Å². The number of hydrogen-bond donors (Lipinski definition) is 0. The summed E-state index contributed by atoms with van der Waals surface area (Å²) >= 11 is 0. The average Bonchev–Trinajstić information content (AvgIpc) is 1.57. The molecule has 0 aliphatic heterocycles. The van der Waals surface area contributed by atoms with Crippen LogP contribution in [0.2, 0.25) is 19.6 Å². The number of alkyl halides is 3. The standard InChI is InChI=1S/C6H11F3Si/c1-10(2,3)5-4-6(7,8)9/h4-5H,1-3H3. The highest BCUT2D eigenvalue weighted by atomic mass is 28.3. The zero-order valence-corrected chi connectivity index (χ0v) is 7.29. The van der Waals surface area contributed by atoms with Gasteiger partial charge >= 0.3 is 6.18 Å². The third-order valence-corrected chi connectivity index (χ3v) is 1.94. The average molecular weight is 168 g/mol. The molecule has 0 bridgehead atoms. The molecule has 0 saturated carbocycles. The molecule has 0 nitrogen and oxygen atoms in total. The topological polar surface area (TPSA) is 0 Å². The Morgan fingerprint density at radius 1 is 1.10 bits per heavy atom. The van der Waals surface area contributed by atoms with E-state index in [-0.39, 0.29) is 0 Å². The van der Waals surface area contributed by atoms with Crippen LogP contribution in [-0.2, 0) is 0 Å². The van der Waals surface area contributed by atoms with Crippen molar-refractivity contribution in [2.45, 2.75) is 25.8 Å². The first-order valence-electron chi connectivity index (χ1n) is 2.98. The molecule has 0 aromatic rings. The second kappa shape index (κ2) is 2.78. The summed E-state index contributed by atoms with van der Waals surface area (Å²) in [5.41, 5.74) is 1.28. The number of allylic oxidation sites excluding steroid dienone is 1. The molecule has 10 heavy (non-hydrogen) atoms. The van der Waals surface area contributed by atoms with Crippen LogP contribution in [0.5, 0.6) is 0 Å². The molecule has 0 heterocycles. The highest BCUT2D eigenvalue weighted by Crippen LogP contribution is 2.17. The normalized spacial score (nSPS) is 14.6. The van der Waals surface area contributed by atoms with Crippen LogP contribution in [0.25, 0.3) is 0 Å². The smallest absolute Gasteiger partial charge is 0.167 e. The fraction of sp³-hybridized carbons (Fsp3) is 0.667. The van der Waals surface area contributed by atoms with Crippen LogP contribution in [0, 0.1) is 0 Å². The summed E-state index contributed by atoms with van der Waals surface area (Å²) in [6.45, 7) is 5.57. The van der Waals surface area contributed by atoms with Crippen LogP contribution in [0.1, 0.15) is 0 Å². The van der Waals surface area contributed by atoms with Crippen LogP contribution in [-0.4, -0.2) is 14.3 Å². The Bertz CT molecular complexity index is 113. The molecular weight excluding hydrogens is 157 g/mol. The van der Waals surface area contributed by atoms with Gasteiger partial charge in [-0.2, -0.15) is 13.2 Å². The van der Waals surface area contributed by atoms with E-state index in [9.17, 15) is 13.2 Å². The number of halogens is 3. The second-order valence-corrected chi connectivity index (χ2v) is 8.31. The molecule has 0 aliphatic carbocycles. The second-order valence-electron chi connectivity index (χ2n) is 3.24. The summed E-state index contributed by atoms with van der Waals surface area (Å²) in [5, 5.41) is 0. The van der Waals surface area contributed by atoms with Crippen LogP contribution in [0.3, 0.4) is 0 Å². The lowest BCUT2D eigenvalue weighted by Gasteiger charge is -2.08. The predicted octanol–water partition coefficient (Wildman–Crippen LogP) is 2.98. The van der Waals surface area contributed by atoms with E-state index in [1.165, 1.54) is 5.70 Å². The molecule has 0 amide bonds. The van der Waals surface area contributed by atoms with Crippen molar-refractivity contribution in [2.75, 3.05) is 0 Å². The zero-order chi connectivity index (χ0) is 8.41. The molecule has 0 rings (SSSR count). The number of hydrogen-bond acceptors (Lipinski definition) is 0. The van der Waals surface area contributed by atoms with Crippen molar-refractivity contribution in [3.63, 3.8) is 0 Å². The summed E-state index contributed by atoms with van der Waals surface area (Å²) < 4.78 is 34.6. The highest BCUT2D eigenvalue weighted by molar-refractivity contribution is 6.80. The molecule has 60 valence electrons. The maximum Gasteiger partial charge on any atom is 0.409 e.